The van der Waals surface area contributed by atoms with Crippen molar-refractivity contribution >= 4 is 10.8 Å². The Balaban J connectivity index is 2.27. The monoisotopic (exact) mass is 281 g/mol. The number of nitrogens with one attached hydrogen (secondary N) is 1. The minimum Gasteiger partial charge on any atom is -0.311 e. The van der Waals surface area contributed by atoms with Crippen LogP contribution < -0.4 is 5.32 Å². The smallest absolute Gasteiger partial charge is 0.0377 e. The molecule has 1 N–H and O–H groups in total. The zero-order valence-electron chi connectivity index (χ0n) is 13.8. The lowest BCUT2D eigenvalue weighted by Gasteiger charge is -2.29. The van der Waals surface area contributed by atoms with Crippen LogP contribution in [0, 0.1) is 6.92 Å². The Hall–Kier alpha value is -1.34. The van der Waals surface area contributed by atoms with Gasteiger partial charge in [-0.25, -0.2) is 0 Å². The van der Waals surface area contributed by atoms with E-state index in [2.05, 4.69) is 63.5 Å². The largest absolute Gasteiger partial charge is 0.311 e. The predicted molar refractivity (Wildman–Crippen MR) is 92.0 cm³/mol. The molecule has 1 heteroatoms. The van der Waals surface area contributed by atoms with E-state index >= 15 is 0 Å². The SMILES string of the molecule is CNC(C)(C)c1cc(C2CCCC2)c2ccccc2c1C. The van der Waals surface area contributed by atoms with Gasteiger partial charge in [-0.05, 0) is 74.0 Å². The molecule has 0 radical (unpaired) electrons. The fourth-order valence-electron chi connectivity index (χ4n) is 3.91. The van der Waals surface area contributed by atoms with Crippen molar-refractivity contribution in [3.05, 3.63) is 47.0 Å². The van der Waals surface area contributed by atoms with Crippen molar-refractivity contribution in [1.82, 2.24) is 5.32 Å². The molecule has 0 amide bonds. The van der Waals surface area contributed by atoms with Gasteiger partial charge in [-0.1, -0.05) is 43.2 Å². The molecule has 1 aliphatic carbocycles. The summed E-state index contributed by atoms with van der Waals surface area (Å²) in [6.45, 7) is 6.83. The topological polar surface area (TPSA) is 12.0 Å². The summed E-state index contributed by atoms with van der Waals surface area (Å²) < 4.78 is 0. The molecule has 0 atom stereocenters. The molecule has 0 spiro atoms. The first-order valence-corrected chi connectivity index (χ1v) is 8.26. The Morgan fingerprint density at radius 2 is 1.67 bits per heavy atom. The molecule has 0 unspecified atom stereocenters. The van der Waals surface area contributed by atoms with E-state index < -0.39 is 0 Å². The first-order valence-electron chi connectivity index (χ1n) is 8.26. The summed E-state index contributed by atoms with van der Waals surface area (Å²) in [6, 6.07) is 11.4. The van der Waals surface area contributed by atoms with Gasteiger partial charge in [0.05, 0.1) is 0 Å². The summed E-state index contributed by atoms with van der Waals surface area (Å²) in [7, 11) is 2.06. The molecule has 0 heterocycles. The average molecular weight is 281 g/mol. The van der Waals surface area contributed by atoms with E-state index in [4.69, 9.17) is 0 Å². The van der Waals surface area contributed by atoms with Crippen LogP contribution in [0.1, 0.15) is 62.1 Å². The number of fused-ring (bicyclic) bond motifs is 1. The third-order valence-corrected chi connectivity index (χ3v) is 5.44. The van der Waals surface area contributed by atoms with Gasteiger partial charge < -0.3 is 5.32 Å². The minimum absolute atomic E-state index is 0.0153. The van der Waals surface area contributed by atoms with E-state index in [1.165, 1.54) is 47.6 Å². The molecular weight excluding hydrogens is 254 g/mol. The maximum Gasteiger partial charge on any atom is 0.0377 e. The van der Waals surface area contributed by atoms with Gasteiger partial charge in [0.25, 0.3) is 0 Å². The van der Waals surface area contributed by atoms with Crippen LogP contribution >= 0.6 is 0 Å². The van der Waals surface area contributed by atoms with Gasteiger partial charge in [0.2, 0.25) is 0 Å². The third-order valence-electron chi connectivity index (χ3n) is 5.44. The van der Waals surface area contributed by atoms with Crippen LogP contribution in [-0.2, 0) is 5.54 Å². The highest BCUT2D eigenvalue weighted by atomic mass is 14.9. The van der Waals surface area contributed by atoms with Crippen LogP contribution in [0.3, 0.4) is 0 Å². The molecule has 0 bridgehead atoms. The third kappa shape index (κ3) is 2.48. The Kier molecular flexibility index (Phi) is 3.79. The number of hydrogen-bond acceptors (Lipinski definition) is 1. The number of aryl methyl sites for hydroxylation is 1. The summed E-state index contributed by atoms with van der Waals surface area (Å²) in [5.41, 5.74) is 4.46. The summed E-state index contributed by atoms with van der Waals surface area (Å²) in [5, 5.41) is 6.38. The van der Waals surface area contributed by atoms with Gasteiger partial charge >= 0.3 is 0 Å². The first-order chi connectivity index (χ1) is 10.0. The molecule has 3 rings (SSSR count). The summed E-state index contributed by atoms with van der Waals surface area (Å²) in [5.74, 6) is 0.752. The van der Waals surface area contributed by atoms with Crippen LogP contribution in [0.25, 0.3) is 10.8 Å². The van der Waals surface area contributed by atoms with Crippen LogP contribution in [0.5, 0.6) is 0 Å². The van der Waals surface area contributed by atoms with E-state index in [9.17, 15) is 0 Å². The second-order valence-corrected chi connectivity index (χ2v) is 7.04. The van der Waals surface area contributed by atoms with Crippen LogP contribution in [0.2, 0.25) is 0 Å². The van der Waals surface area contributed by atoms with Gasteiger partial charge in [0.15, 0.2) is 0 Å². The highest BCUT2D eigenvalue weighted by Crippen LogP contribution is 2.41. The van der Waals surface area contributed by atoms with Crippen molar-refractivity contribution in [1.29, 1.82) is 0 Å². The van der Waals surface area contributed by atoms with Crippen molar-refractivity contribution in [3.8, 4) is 0 Å². The summed E-state index contributed by atoms with van der Waals surface area (Å²) in [4.78, 5) is 0. The molecule has 0 aromatic heterocycles. The molecule has 1 fully saturated rings. The molecule has 1 nitrogen and oxygen atoms in total. The first kappa shape index (κ1) is 14.6. The van der Waals surface area contributed by atoms with Crippen molar-refractivity contribution in [2.75, 3.05) is 7.05 Å². The van der Waals surface area contributed by atoms with Crippen LogP contribution in [0.4, 0.5) is 0 Å². The Labute approximate surface area is 128 Å². The lowest BCUT2D eigenvalue weighted by molar-refractivity contribution is 0.442. The second-order valence-electron chi connectivity index (χ2n) is 7.04. The second kappa shape index (κ2) is 5.46. The number of rotatable bonds is 3. The van der Waals surface area contributed by atoms with Crippen molar-refractivity contribution in [3.63, 3.8) is 0 Å². The lowest BCUT2D eigenvalue weighted by Crippen LogP contribution is -2.34. The summed E-state index contributed by atoms with van der Waals surface area (Å²) in [6.07, 6.45) is 5.48. The maximum atomic E-state index is 3.48. The maximum absolute atomic E-state index is 3.48. The number of benzene rings is 2. The van der Waals surface area contributed by atoms with Gasteiger partial charge in [-0.15, -0.1) is 0 Å². The Morgan fingerprint density at radius 3 is 2.29 bits per heavy atom. The molecule has 1 aliphatic rings. The van der Waals surface area contributed by atoms with E-state index in [-0.39, 0.29) is 5.54 Å². The molecule has 2 aromatic rings. The molecule has 1 saturated carbocycles. The van der Waals surface area contributed by atoms with Crippen LogP contribution in [-0.4, -0.2) is 7.05 Å². The molecule has 0 aliphatic heterocycles. The summed E-state index contributed by atoms with van der Waals surface area (Å²) >= 11 is 0. The standard InChI is InChI=1S/C20H27N/c1-14-16-11-7-8-12-17(16)18(15-9-5-6-10-15)13-19(14)20(2,3)21-4/h7-8,11-13,15,21H,5-6,9-10H2,1-4H3. The minimum atomic E-state index is 0.0153. The Bertz CT molecular complexity index is 648. The number of hydrogen-bond donors (Lipinski definition) is 1. The van der Waals surface area contributed by atoms with E-state index in [0.717, 1.165) is 5.92 Å². The highest BCUT2D eigenvalue weighted by molar-refractivity contribution is 5.90. The van der Waals surface area contributed by atoms with Gasteiger partial charge in [-0.3, -0.25) is 0 Å². The molecular formula is C20H27N. The van der Waals surface area contributed by atoms with Crippen LogP contribution in [0.15, 0.2) is 30.3 Å². The molecule has 112 valence electrons. The lowest BCUT2D eigenvalue weighted by atomic mass is 9.82. The zero-order chi connectivity index (χ0) is 15.0. The van der Waals surface area contributed by atoms with Crippen molar-refractivity contribution in [2.45, 2.75) is 57.9 Å². The van der Waals surface area contributed by atoms with Gasteiger partial charge in [0, 0.05) is 5.54 Å². The highest BCUT2D eigenvalue weighted by Gasteiger charge is 2.26. The molecule has 0 saturated heterocycles. The van der Waals surface area contributed by atoms with Gasteiger partial charge in [0.1, 0.15) is 0 Å². The average Bonchev–Trinajstić information content (AvgIpc) is 3.02. The van der Waals surface area contributed by atoms with E-state index in [1.807, 2.05) is 0 Å². The van der Waals surface area contributed by atoms with Crippen molar-refractivity contribution in [2.24, 2.45) is 0 Å². The fourth-order valence-corrected chi connectivity index (χ4v) is 3.91. The van der Waals surface area contributed by atoms with E-state index in [1.54, 1.807) is 5.56 Å². The van der Waals surface area contributed by atoms with E-state index in [0.29, 0.717) is 0 Å². The van der Waals surface area contributed by atoms with Gasteiger partial charge in [-0.2, -0.15) is 0 Å². The molecule has 2 aromatic carbocycles. The molecule has 21 heavy (non-hydrogen) atoms. The quantitative estimate of drug-likeness (QED) is 0.809. The zero-order valence-corrected chi connectivity index (χ0v) is 13.8. The van der Waals surface area contributed by atoms with Crippen molar-refractivity contribution < 1.29 is 0 Å². The Morgan fingerprint density at radius 1 is 1.05 bits per heavy atom. The fraction of sp³-hybridized carbons (Fsp3) is 0.500. The normalized spacial score (nSPS) is 16.8. The predicted octanol–water partition coefficient (Wildman–Crippen LogP) is 5.26.